The first-order valence-corrected chi connectivity index (χ1v) is 10.3. The lowest BCUT2D eigenvalue weighted by Crippen LogP contribution is -2.26. The molecule has 0 aliphatic carbocycles. The fourth-order valence-corrected chi connectivity index (χ4v) is 3.97. The van der Waals surface area contributed by atoms with E-state index in [9.17, 15) is 13.2 Å². The molecule has 32 heavy (non-hydrogen) atoms. The molecule has 3 heterocycles. The summed E-state index contributed by atoms with van der Waals surface area (Å²) in [6, 6.07) is 6.95. The largest absolute Gasteiger partial charge is 0.416 e. The van der Waals surface area contributed by atoms with Crippen LogP contribution in [0.5, 0.6) is 0 Å². The van der Waals surface area contributed by atoms with E-state index in [-0.39, 0.29) is 5.39 Å². The molecule has 3 aromatic heterocycles. The minimum absolute atomic E-state index is 0.281. The Morgan fingerprint density at radius 2 is 1.91 bits per heavy atom. The van der Waals surface area contributed by atoms with Gasteiger partial charge in [0.25, 0.3) is 0 Å². The summed E-state index contributed by atoms with van der Waals surface area (Å²) >= 11 is 1.84. The van der Waals surface area contributed by atoms with Gasteiger partial charge in [0, 0.05) is 22.2 Å². The lowest BCUT2D eigenvalue weighted by Gasteiger charge is -2.26. The first kappa shape index (κ1) is 21.9. The average Bonchev–Trinajstić information content (AvgIpc) is 3.27. The lowest BCUT2D eigenvalue weighted by atomic mass is 10.1. The second-order valence-electron chi connectivity index (χ2n) is 6.88. The Morgan fingerprint density at radius 1 is 1.12 bits per heavy atom. The van der Waals surface area contributed by atoms with Gasteiger partial charge in [0.15, 0.2) is 11.6 Å². The molecule has 1 aromatic carbocycles. The van der Waals surface area contributed by atoms with Gasteiger partial charge in [0.2, 0.25) is 0 Å². The van der Waals surface area contributed by atoms with Gasteiger partial charge in [0.05, 0.1) is 22.7 Å². The van der Waals surface area contributed by atoms with E-state index in [0.717, 1.165) is 12.1 Å². The van der Waals surface area contributed by atoms with Crippen molar-refractivity contribution < 1.29 is 13.2 Å². The number of nitriles is 1. The van der Waals surface area contributed by atoms with Crippen molar-refractivity contribution in [1.29, 1.82) is 5.26 Å². The predicted molar refractivity (Wildman–Crippen MR) is 118 cm³/mol. The van der Waals surface area contributed by atoms with E-state index in [1.165, 1.54) is 23.5 Å². The van der Waals surface area contributed by atoms with E-state index in [2.05, 4.69) is 25.0 Å². The Labute approximate surface area is 193 Å². The van der Waals surface area contributed by atoms with Crippen molar-refractivity contribution in [3.63, 3.8) is 0 Å². The summed E-state index contributed by atoms with van der Waals surface area (Å²) in [6.07, 6.45) is -0.383. The van der Waals surface area contributed by atoms with Crippen molar-refractivity contribution in [3.05, 3.63) is 63.6 Å². The number of nitrogens with zero attached hydrogens (tertiary/aromatic N) is 8. The number of aromatic nitrogens is 6. The highest BCUT2D eigenvalue weighted by Gasteiger charge is 2.32. The standard InChI is InChI=1S/C20H14F3IN8/c1-11(18-29-10-30-32(18)16-4-3-12(7-25)8-26-16)31(2)19-14-5-13(20(21,22)23)6-15(24)17(14)27-9-28-19/h3-6,8-11H,1-2H3/t11-/m0/s1. The molecular formula is C20H14F3IN8. The number of halogens is 4. The Bertz CT molecular complexity index is 1330. The number of fused-ring (bicyclic) bond motifs is 1. The van der Waals surface area contributed by atoms with Gasteiger partial charge in [-0.3, -0.25) is 0 Å². The van der Waals surface area contributed by atoms with Gasteiger partial charge < -0.3 is 4.90 Å². The van der Waals surface area contributed by atoms with Gasteiger partial charge in [0.1, 0.15) is 24.5 Å². The van der Waals surface area contributed by atoms with Crippen molar-refractivity contribution in [3.8, 4) is 11.9 Å². The molecule has 4 rings (SSSR count). The lowest BCUT2D eigenvalue weighted by molar-refractivity contribution is -0.137. The molecule has 0 N–H and O–H groups in total. The van der Waals surface area contributed by atoms with Gasteiger partial charge in [-0.1, -0.05) is 0 Å². The van der Waals surface area contributed by atoms with E-state index >= 15 is 0 Å². The second kappa shape index (κ2) is 8.30. The van der Waals surface area contributed by atoms with E-state index in [0.29, 0.717) is 32.1 Å². The number of rotatable bonds is 4. The van der Waals surface area contributed by atoms with Crippen LogP contribution in [0.15, 0.2) is 43.1 Å². The maximum Gasteiger partial charge on any atom is 0.416 e. The monoisotopic (exact) mass is 550 g/mol. The average molecular weight is 550 g/mol. The highest BCUT2D eigenvalue weighted by Crippen LogP contribution is 2.36. The van der Waals surface area contributed by atoms with E-state index in [1.54, 1.807) is 24.1 Å². The third kappa shape index (κ3) is 3.95. The maximum absolute atomic E-state index is 13.4. The van der Waals surface area contributed by atoms with Gasteiger partial charge in [-0.05, 0) is 53.8 Å². The first-order chi connectivity index (χ1) is 15.2. The molecule has 0 aliphatic rings. The first-order valence-electron chi connectivity index (χ1n) is 9.21. The predicted octanol–water partition coefficient (Wildman–Crippen LogP) is 4.30. The second-order valence-corrected chi connectivity index (χ2v) is 8.05. The maximum atomic E-state index is 13.4. The molecule has 0 radical (unpaired) electrons. The third-order valence-corrected chi connectivity index (χ3v) is 5.78. The quantitative estimate of drug-likeness (QED) is 0.350. The Balaban J connectivity index is 1.77. The summed E-state index contributed by atoms with van der Waals surface area (Å²) in [5.41, 5.74) is 0.0671. The zero-order valence-corrected chi connectivity index (χ0v) is 18.9. The fraction of sp³-hybridized carbons (Fsp3) is 0.200. The van der Waals surface area contributed by atoms with Crippen LogP contribution in [0.25, 0.3) is 16.7 Å². The van der Waals surface area contributed by atoms with Gasteiger partial charge in [-0.2, -0.15) is 28.2 Å². The van der Waals surface area contributed by atoms with Crippen molar-refractivity contribution in [1.82, 2.24) is 29.7 Å². The van der Waals surface area contributed by atoms with Crippen molar-refractivity contribution in [2.75, 3.05) is 11.9 Å². The summed E-state index contributed by atoms with van der Waals surface area (Å²) in [7, 11) is 1.71. The molecule has 162 valence electrons. The fourth-order valence-electron chi connectivity index (χ4n) is 3.20. The molecule has 0 aliphatic heterocycles. The van der Waals surface area contributed by atoms with Crippen LogP contribution >= 0.6 is 22.6 Å². The SMILES string of the molecule is C[C@@H](c1ncnn1-c1ccc(C#N)cn1)N(C)c1ncnc2c(I)cc(C(F)(F)F)cc12. The smallest absolute Gasteiger partial charge is 0.349 e. The molecule has 12 heteroatoms. The number of anilines is 1. The van der Waals surface area contributed by atoms with Gasteiger partial charge >= 0.3 is 6.18 Å². The summed E-state index contributed by atoms with van der Waals surface area (Å²) in [5.74, 6) is 1.28. The number of hydrogen-bond donors (Lipinski definition) is 0. The van der Waals surface area contributed by atoms with Crippen LogP contribution in [-0.4, -0.2) is 36.8 Å². The molecule has 0 unspecified atom stereocenters. The molecule has 0 saturated heterocycles. The topological polar surface area (TPSA) is 96.4 Å². The van der Waals surface area contributed by atoms with Crippen LogP contribution in [-0.2, 0) is 6.18 Å². The molecular weight excluding hydrogens is 536 g/mol. The Morgan fingerprint density at radius 3 is 2.56 bits per heavy atom. The van der Waals surface area contributed by atoms with Crippen LogP contribution in [0.4, 0.5) is 19.0 Å². The van der Waals surface area contributed by atoms with E-state index in [1.807, 2.05) is 35.6 Å². The van der Waals surface area contributed by atoms with Crippen LogP contribution in [0.2, 0.25) is 0 Å². The molecule has 0 spiro atoms. The Hall–Kier alpha value is -3.34. The summed E-state index contributed by atoms with van der Waals surface area (Å²) < 4.78 is 42.1. The summed E-state index contributed by atoms with van der Waals surface area (Å²) in [6.45, 7) is 1.83. The zero-order valence-electron chi connectivity index (χ0n) is 16.7. The Kier molecular flexibility index (Phi) is 5.68. The number of benzene rings is 1. The number of pyridine rings is 1. The molecule has 8 nitrogen and oxygen atoms in total. The molecule has 0 bridgehead atoms. The van der Waals surface area contributed by atoms with Crippen LogP contribution in [0, 0.1) is 14.9 Å². The molecule has 0 amide bonds. The van der Waals surface area contributed by atoms with Gasteiger partial charge in [-0.25, -0.2) is 19.9 Å². The third-order valence-electron chi connectivity index (χ3n) is 4.96. The minimum Gasteiger partial charge on any atom is -0.349 e. The van der Waals surface area contributed by atoms with Crippen LogP contribution in [0.1, 0.15) is 29.9 Å². The van der Waals surface area contributed by atoms with Crippen molar-refractivity contribution >= 4 is 39.3 Å². The highest BCUT2D eigenvalue weighted by molar-refractivity contribution is 14.1. The number of hydrogen-bond acceptors (Lipinski definition) is 7. The molecule has 1 atom stereocenters. The normalized spacial score (nSPS) is 12.5. The summed E-state index contributed by atoms with van der Waals surface area (Å²) in [4.78, 5) is 18.7. The van der Waals surface area contributed by atoms with Crippen molar-refractivity contribution in [2.24, 2.45) is 0 Å². The van der Waals surface area contributed by atoms with E-state index in [4.69, 9.17) is 5.26 Å². The zero-order chi connectivity index (χ0) is 23.0. The highest BCUT2D eigenvalue weighted by atomic mass is 127. The van der Waals surface area contributed by atoms with Crippen LogP contribution < -0.4 is 4.90 Å². The van der Waals surface area contributed by atoms with E-state index < -0.39 is 17.8 Å². The van der Waals surface area contributed by atoms with Gasteiger partial charge in [-0.15, -0.1) is 0 Å². The summed E-state index contributed by atoms with van der Waals surface area (Å²) in [5, 5.41) is 13.5. The minimum atomic E-state index is -4.49. The number of alkyl halides is 3. The molecule has 0 saturated carbocycles. The molecule has 4 aromatic rings. The molecule has 0 fully saturated rings. The van der Waals surface area contributed by atoms with Crippen LogP contribution in [0.3, 0.4) is 0 Å². The van der Waals surface area contributed by atoms with Crippen molar-refractivity contribution in [2.45, 2.75) is 19.1 Å².